The van der Waals surface area contributed by atoms with Crippen LogP contribution in [-0.4, -0.2) is 9.55 Å². The first kappa shape index (κ1) is 27.8. The minimum Gasteiger partial charge on any atom is -0.310 e. The molecule has 10 rings (SSSR count). The zero-order chi connectivity index (χ0) is 32.3. The van der Waals surface area contributed by atoms with E-state index < -0.39 is 0 Å². The Labute approximate surface area is 287 Å². The van der Waals surface area contributed by atoms with Crippen LogP contribution in [0, 0.1) is 0 Å². The predicted octanol–water partition coefficient (Wildman–Crippen LogP) is 12.8. The van der Waals surface area contributed by atoms with Crippen molar-refractivity contribution < 1.29 is 0 Å². The van der Waals surface area contributed by atoms with Gasteiger partial charge in [-0.2, -0.15) is 0 Å². The third-order valence-electron chi connectivity index (χ3n) is 9.60. The van der Waals surface area contributed by atoms with Crippen molar-refractivity contribution in [3.05, 3.63) is 176 Å². The van der Waals surface area contributed by atoms with Gasteiger partial charge in [-0.3, -0.25) is 4.98 Å². The first-order valence-electron chi connectivity index (χ1n) is 16.5. The summed E-state index contributed by atoms with van der Waals surface area (Å²) in [5.41, 5.74) is 8.96. The molecule has 7 aromatic carbocycles. The first-order valence-corrected chi connectivity index (χ1v) is 17.4. The third kappa shape index (κ3) is 4.53. The molecule has 0 fully saturated rings. The van der Waals surface area contributed by atoms with Crippen molar-refractivity contribution in [1.29, 1.82) is 0 Å². The molecule has 4 heteroatoms. The molecule has 0 N–H and O–H groups in total. The average Bonchev–Trinajstić information content (AvgIpc) is 3.70. The SMILES string of the molecule is c1ccc(N(c2ccc(-c3nccc4c3sc3cc5ccccc5cc34)cc2)c2ccc3c4ccccc4n(-c4ccccc4)c3c2)cc1. The molecule has 0 saturated carbocycles. The van der Waals surface area contributed by atoms with Crippen LogP contribution < -0.4 is 4.90 Å². The highest BCUT2D eigenvalue weighted by Crippen LogP contribution is 2.43. The highest BCUT2D eigenvalue weighted by molar-refractivity contribution is 7.26. The maximum absolute atomic E-state index is 4.92. The van der Waals surface area contributed by atoms with Crippen molar-refractivity contribution in [2.45, 2.75) is 0 Å². The minimum absolute atomic E-state index is 1.02. The number of para-hydroxylation sites is 3. The lowest BCUT2D eigenvalue weighted by Gasteiger charge is -2.26. The summed E-state index contributed by atoms with van der Waals surface area (Å²) in [6.45, 7) is 0. The third-order valence-corrected chi connectivity index (χ3v) is 10.8. The topological polar surface area (TPSA) is 21.1 Å². The number of aromatic nitrogens is 2. The van der Waals surface area contributed by atoms with E-state index in [4.69, 9.17) is 4.98 Å². The van der Waals surface area contributed by atoms with Gasteiger partial charge in [0.05, 0.1) is 21.4 Å². The van der Waals surface area contributed by atoms with Crippen molar-refractivity contribution in [2.24, 2.45) is 0 Å². The zero-order valence-electron chi connectivity index (χ0n) is 26.5. The van der Waals surface area contributed by atoms with E-state index in [1.54, 1.807) is 0 Å². The summed E-state index contributed by atoms with van der Waals surface area (Å²) in [4.78, 5) is 7.26. The molecule has 0 amide bonds. The Balaban J connectivity index is 1.12. The smallest absolute Gasteiger partial charge is 0.0880 e. The van der Waals surface area contributed by atoms with E-state index in [9.17, 15) is 0 Å². The summed E-state index contributed by atoms with van der Waals surface area (Å²) in [5, 5.41) is 7.57. The van der Waals surface area contributed by atoms with Crippen LogP contribution >= 0.6 is 11.3 Å². The molecule has 0 atom stereocenters. The molecule has 3 heterocycles. The molecule has 0 aliphatic rings. The van der Waals surface area contributed by atoms with E-state index >= 15 is 0 Å². The number of thiophene rings is 1. The van der Waals surface area contributed by atoms with Gasteiger partial charge < -0.3 is 9.47 Å². The quantitative estimate of drug-likeness (QED) is 0.186. The van der Waals surface area contributed by atoms with Gasteiger partial charge in [0.25, 0.3) is 0 Å². The monoisotopic (exact) mass is 643 g/mol. The molecule has 0 bridgehead atoms. The van der Waals surface area contributed by atoms with E-state index in [1.807, 2.05) is 17.5 Å². The summed E-state index contributed by atoms with van der Waals surface area (Å²) < 4.78 is 4.89. The minimum atomic E-state index is 1.02. The van der Waals surface area contributed by atoms with E-state index in [1.165, 1.54) is 52.8 Å². The molecule has 0 radical (unpaired) electrons. The van der Waals surface area contributed by atoms with E-state index in [0.29, 0.717) is 0 Å². The number of rotatable bonds is 5. The molecule has 230 valence electrons. The predicted molar refractivity (Wildman–Crippen MR) is 209 cm³/mol. The fourth-order valence-corrected chi connectivity index (χ4v) is 8.58. The summed E-state index contributed by atoms with van der Waals surface area (Å²) in [6.07, 6.45) is 1.95. The molecule has 3 nitrogen and oxygen atoms in total. The zero-order valence-corrected chi connectivity index (χ0v) is 27.3. The molecule has 0 unspecified atom stereocenters. The first-order chi connectivity index (χ1) is 24.3. The summed E-state index contributed by atoms with van der Waals surface area (Å²) in [6, 6.07) is 61.1. The van der Waals surface area contributed by atoms with Crippen molar-refractivity contribution in [2.75, 3.05) is 4.90 Å². The van der Waals surface area contributed by atoms with E-state index in [2.05, 4.69) is 179 Å². The van der Waals surface area contributed by atoms with Crippen LogP contribution in [0.2, 0.25) is 0 Å². The number of hydrogen-bond donors (Lipinski definition) is 0. The fourth-order valence-electron chi connectivity index (χ4n) is 7.34. The van der Waals surface area contributed by atoms with Gasteiger partial charge in [-0.15, -0.1) is 11.3 Å². The van der Waals surface area contributed by atoms with Gasteiger partial charge in [-0.1, -0.05) is 97.1 Å². The van der Waals surface area contributed by atoms with Crippen molar-refractivity contribution in [1.82, 2.24) is 9.55 Å². The number of nitrogens with zero attached hydrogens (tertiary/aromatic N) is 3. The second kappa shape index (κ2) is 11.2. The highest BCUT2D eigenvalue weighted by atomic mass is 32.1. The number of benzene rings is 7. The highest BCUT2D eigenvalue weighted by Gasteiger charge is 2.18. The van der Waals surface area contributed by atoms with Gasteiger partial charge in [0, 0.05) is 60.8 Å². The van der Waals surface area contributed by atoms with E-state index in [0.717, 1.165) is 34.0 Å². The Morgan fingerprint density at radius 1 is 0.469 bits per heavy atom. The standard InChI is InChI=1S/C45H29N3S/c1-3-13-33(14-4-1)47(36-23-24-38-37-17-9-10-18-41(37)48(42(38)29-36)34-15-5-2-6-16-34)35-21-19-30(20-22-35)44-45-39(25-26-46-44)40-27-31-11-7-8-12-32(31)28-43(40)49-45/h1-29H. The molecular formula is C45H29N3S. The average molecular weight is 644 g/mol. The Morgan fingerprint density at radius 2 is 1.12 bits per heavy atom. The second-order valence-corrected chi connectivity index (χ2v) is 13.5. The van der Waals surface area contributed by atoms with Crippen LogP contribution in [0.15, 0.2) is 176 Å². The number of hydrogen-bond acceptors (Lipinski definition) is 3. The maximum Gasteiger partial charge on any atom is 0.0880 e. The molecule has 49 heavy (non-hydrogen) atoms. The Hall–Kier alpha value is -6.23. The Bertz CT molecular complexity index is 2820. The normalized spacial score (nSPS) is 11.7. The van der Waals surface area contributed by atoms with Crippen LogP contribution in [-0.2, 0) is 0 Å². The van der Waals surface area contributed by atoms with Gasteiger partial charge in [0.1, 0.15) is 0 Å². The maximum atomic E-state index is 4.92. The number of pyridine rings is 1. The Kier molecular flexibility index (Phi) is 6.36. The van der Waals surface area contributed by atoms with Crippen LogP contribution in [0.4, 0.5) is 17.1 Å². The lowest BCUT2D eigenvalue weighted by molar-refractivity contribution is 1.18. The van der Waals surface area contributed by atoms with Gasteiger partial charge >= 0.3 is 0 Å². The van der Waals surface area contributed by atoms with Gasteiger partial charge in [0.2, 0.25) is 0 Å². The lowest BCUT2D eigenvalue weighted by Crippen LogP contribution is -2.10. The molecule has 0 aliphatic carbocycles. The van der Waals surface area contributed by atoms with Gasteiger partial charge in [0.15, 0.2) is 0 Å². The Morgan fingerprint density at radius 3 is 1.94 bits per heavy atom. The molecule has 0 aliphatic heterocycles. The number of fused-ring (bicyclic) bond motifs is 7. The molecule has 0 spiro atoms. The largest absolute Gasteiger partial charge is 0.310 e. The van der Waals surface area contributed by atoms with Crippen molar-refractivity contribution in [3.8, 4) is 16.9 Å². The lowest BCUT2D eigenvalue weighted by atomic mass is 10.0. The van der Waals surface area contributed by atoms with Gasteiger partial charge in [-0.05, 0) is 83.6 Å². The number of anilines is 3. The molecular weight excluding hydrogens is 615 g/mol. The van der Waals surface area contributed by atoms with Crippen molar-refractivity contribution >= 4 is 81.1 Å². The van der Waals surface area contributed by atoms with Crippen LogP contribution in [0.1, 0.15) is 0 Å². The van der Waals surface area contributed by atoms with Crippen LogP contribution in [0.25, 0.3) is 69.7 Å². The molecule has 10 aromatic rings. The fraction of sp³-hybridized carbons (Fsp3) is 0. The van der Waals surface area contributed by atoms with E-state index in [-0.39, 0.29) is 0 Å². The van der Waals surface area contributed by atoms with Crippen LogP contribution in [0.3, 0.4) is 0 Å². The molecule has 0 saturated heterocycles. The summed E-state index contributed by atoms with van der Waals surface area (Å²) in [5.74, 6) is 0. The van der Waals surface area contributed by atoms with Crippen LogP contribution in [0.5, 0.6) is 0 Å². The second-order valence-electron chi connectivity index (χ2n) is 12.4. The molecule has 3 aromatic heterocycles. The van der Waals surface area contributed by atoms with Gasteiger partial charge in [-0.25, -0.2) is 0 Å². The summed E-state index contributed by atoms with van der Waals surface area (Å²) >= 11 is 1.83. The van der Waals surface area contributed by atoms with Crippen molar-refractivity contribution in [3.63, 3.8) is 0 Å². The summed E-state index contributed by atoms with van der Waals surface area (Å²) in [7, 11) is 0.